The van der Waals surface area contributed by atoms with Crippen molar-refractivity contribution in [3.05, 3.63) is 72.3 Å². The fourth-order valence-corrected chi connectivity index (χ4v) is 2.61. The second kappa shape index (κ2) is 5.25. The summed E-state index contributed by atoms with van der Waals surface area (Å²) in [6.45, 7) is 4.27. The highest BCUT2D eigenvalue weighted by Crippen LogP contribution is 2.35. The Labute approximate surface area is 119 Å². The van der Waals surface area contributed by atoms with Crippen LogP contribution in [-0.2, 0) is 0 Å². The molecule has 2 aromatic heterocycles. The number of nitrogens with zero attached hydrogens (tertiary/aromatic N) is 2. The molecule has 0 atom stereocenters. The van der Waals surface area contributed by atoms with Crippen molar-refractivity contribution >= 4 is 0 Å². The van der Waals surface area contributed by atoms with Gasteiger partial charge in [0.1, 0.15) is 0 Å². The number of aromatic nitrogens is 2. The van der Waals surface area contributed by atoms with Gasteiger partial charge < -0.3 is 0 Å². The molecule has 1 aromatic carbocycles. The zero-order valence-electron chi connectivity index (χ0n) is 11.7. The van der Waals surface area contributed by atoms with E-state index < -0.39 is 0 Å². The summed E-state index contributed by atoms with van der Waals surface area (Å²) in [7, 11) is 0. The number of hydrogen-bond donors (Lipinski definition) is 0. The van der Waals surface area contributed by atoms with E-state index in [9.17, 15) is 0 Å². The number of aryl methyl sites for hydroxylation is 2. The van der Waals surface area contributed by atoms with Gasteiger partial charge in [-0.05, 0) is 42.7 Å². The highest BCUT2D eigenvalue weighted by molar-refractivity contribution is 5.85. The second-order valence-electron chi connectivity index (χ2n) is 4.99. The third-order valence-corrected chi connectivity index (χ3v) is 3.40. The van der Waals surface area contributed by atoms with Crippen LogP contribution in [0.4, 0.5) is 0 Å². The zero-order chi connectivity index (χ0) is 13.9. The van der Waals surface area contributed by atoms with E-state index in [1.807, 2.05) is 24.5 Å². The average Bonchev–Trinajstić information content (AvgIpc) is 2.48. The van der Waals surface area contributed by atoms with Crippen LogP contribution >= 0.6 is 0 Å². The van der Waals surface area contributed by atoms with Crippen molar-refractivity contribution in [2.24, 2.45) is 0 Å². The molecule has 3 rings (SSSR count). The van der Waals surface area contributed by atoms with Crippen molar-refractivity contribution in [2.75, 3.05) is 0 Å². The molecule has 2 heteroatoms. The van der Waals surface area contributed by atoms with Crippen LogP contribution in [0.2, 0.25) is 0 Å². The minimum atomic E-state index is 1.14. The summed E-state index contributed by atoms with van der Waals surface area (Å²) in [6.07, 6.45) is 7.43. The van der Waals surface area contributed by atoms with E-state index in [2.05, 4.69) is 48.1 Å². The molecule has 20 heavy (non-hydrogen) atoms. The van der Waals surface area contributed by atoms with Crippen molar-refractivity contribution < 1.29 is 0 Å². The molecule has 2 nitrogen and oxygen atoms in total. The van der Waals surface area contributed by atoms with E-state index in [0.29, 0.717) is 0 Å². The first kappa shape index (κ1) is 12.5. The quantitative estimate of drug-likeness (QED) is 0.681. The molecule has 0 spiro atoms. The Morgan fingerprint density at radius 2 is 1.45 bits per heavy atom. The lowest BCUT2D eigenvalue weighted by molar-refractivity contribution is 1.30. The Kier molecular flexibility index (Phi) is 3.30. The van der Waals surface area contributed by atoms with Gasteiger partial charge in [0.25, 0.3) is 0 Å². The molecule has 0 saturated carbocycles. The molecule has 0 fully saturated rings. The van der Waals surface area contributed by atoms with Crippen LogP contribution in [0.1, 0.15) is 11.1 Å². The van der Waals surface area contributed by atoms with Gasteiger partial charge in [0.15, 0.2) is 0 Å². The molecular formula is C18H16N2. The normalized spacial score (nSPS) is 10.5. The summed E-state index contributed by atoms with van der Waals surface area (Å²) in [4.78, 5) is 8.48. The molecule has 0 aliphatic heterocycles. The van der Waals surface area contributed by atoms with Gasteiger partial charge in [-0.25, -0.2) is 0 Å². The maximum atomic E-state index is 4.24. The lowest BCUT2D eigenvalue weighted by Gasteiger charge is -2.14. The van der Waals surface area contributed by atoms with Gasteiger partial charge >= 0.3 is 0 Å². The van der Waals surface area contributed by atoms with Gasteiger partial charge in [-0.3, -0.25) is 9.97 Å². The average molecular weight is 260 g/mol. The van der Waals surface area contributed by atoms with Crippen LogP contribution in [0, 0.1) is 13.8 Å². The van der Waals surface area contributed by atoms with Gasteiger partial charge in [-0.2, -0.15) is 0 Å². The monoisotopic (exact) mass is 260 g/mol. The predicted octanol–water partition coefficient (Wildman–Crippen LogP) is 4.43. The van der Waals surface area contributed by atoms with Crippen LogP contribution < -0.4 is 0 Å². The van der Waals surface area contributed by atoms with Crippen molar-refractivity contribution in [2.45, 2.75) is 13.8 Å². The van der Waals surface area contributed by atoms with Crippen LogP contribution in [0.3, 0.4) is 0 Å². The fourth-order valence-electron chi connectivity index (χ4n) is 2.61. The first-order valence-electron chi connectivity index (χ1n) is 6.68. The SMILES string of the molecule is Cc1cc(C)c(-c2cccnc2)c(-c2cccnc2)c1. The topological polar surface area (TPSA) is 25.8 Å². The Balaban J connectivity index is 2.29. The number of benzene rings is 1. The largest absolute Gasteiger partial charge is 0.264 e. The molecule has 0 radical (unpaired) electrons. The Hall–Kier alpha value is -2.48. The molecule has 0 amide bonds. The van der Waals surface area contributed by atoms with Crippen LogP contribution in [-0.4, -0.2) is 9.97 Å². The summed E-state index contributed by atoms with van der Waals surface area (Å²) in [6, 6.07) is 12.6. The van der Waals surface area contributed by atoms with Crippen molar-refractivity contribution in [1.82, 2.24) is 9.97 Å². The molecule has 0 N–H and O–H groups in total. The van der Waals surface area contributed by atoms with Crippen molar-refractivity contribution in [3.63, 3.8) is 0 Å². The lowest BCUT2D eigenvalue weighted by Crippen LogP contribution is -1.92. The Bertz CT molecular complexity index is 719. The zero-order valence-corrected chi connectivity index (χ0v) is 11.7. The van der Waals surface area contributed by atoms with E-state index in [-0.39, 0.29) is 0 Å². The van der Waals surface area contributed by atoms with Crippen LogP contribution in [0.25, 0.3) is 22.3 Å². The molecule has 98 valence electrons. The van der Waals surface area contributed by atoms with E-state index >= 15 is 0 Å². The van der Waals surface area contributed by atoms with Crippen LogP contribution in [0.15, 0.2) is 61.2 Å². The Morgan fingerprint density at radius 1 is 0.800 bits per heavy atom. The molecule has 2 heterocycles. The maximum Gasteiger partial charge on any atom is 0.0346 e. The second-order valence-corrected chi connectivity index (χ2v) is 4.99. The first-order chi connectivity index (χ1) is 9.75. The molecule has 0 unspecified atom stereocenters. The summed E-state index contributed by atoms with van der Waals surface area (Å²) in [5.41, 5.74) is 7.24. The van der Waals surface area contributed by atoms with Gasteiger partial charge in [0, 0.05) is 35.9 Å². The van der Waals surface area contributed by atoms with Gasteiger partial charge in [0.05, 0.1) is 0 Å². The lowest BCUT2D eigenvalue weighted by atomic mass is 9.91. The highest BCUT2D eigenvalue weighted by Gasteiger charge is 2.11. The molecule has 0 bridgehead atoms. The third-order valence-electron chi connectivity index (χ3n) is 3.40. The third kappa shape index (κ3) is 2.32. The molecule has 0 saturated heterocycles. The molecule has 3 aromatic rings. The fraction of sp³-hybridized carbons (Fsp3) is 0.111. The minimum Gasteiger partial charge on any atom is -0.264 e. The summed E-state index contributed by atoms with van der Waals surface area (Å²) < 4.78 is 0. The van der Waals surface area contributed by atoms with E-state index in [1.54, 1.807) is 12.4 Å². The first-order valence-corrected chi connectivity index (χ1v) is 6.68. The number of pyridine rings is 2. The number of rotatable bonds is 2. The standard InChI is InChI=1S/C18H16N2/c1-13-9-14(2)18(16-6-4-8-20-12-16)17(10-13)15-5-3-7-19-11-15/h3-12H,1-2H3. The summed E-state index contributed by atoms with van der Waals surface area (Å²) in [5.74, 6) is 0. The smallest absolute Gasteiger partial charge is 0.0346 e. The summed E-state index contributed by atoms with van der Waals surface area (Å²) >= 11 is 0. The van der Waals surface area contributed by atoms with Gasteiger partial charge in [-0.15, -0.1) is 0 Å². The van der Waals surface area contributed by atoms with E-state index in [4.69, 9.17) is 0 Å². The Morgan fingerprint density at radius 3 is 2.05 bits per heavy atom. The van der Waals surface area contributed by atoms with Gasteiger partial charge in [0.2, 0.25) is 0 Å². The molecule has 0 aliphatic carbocycles. The van der Waals surface area contributed by atoms with Crippen molar-refractivity contribution in [1.29, 1.82) is 0 Å². The number of hydrogen-bond acceptors (Lipinski definition) is 2. The van der Waals surface area contributed by atoms with Crippen LogP contribution in [0.5, 0.6) is 0 Å². The highest BCUT2D eigenvalue weighted by atomic mass is 14.6. The van der Waals surface area contributed by atoms with E-state index in [1.165, 1.54) is 22.3 Å². The predicted molar refractivity (Wildman–Crippen MR) is 82.4 cm³/mol. The minimum absolute atomic E-state index is 1.14. The van der Waals surface area contributed by atoms with Crippen molar-refractivity contribution in [3.8, 4) is 22.3 Å². The summed E-state index contributed by atoms with van der Waals surface area (Å²) in [5, 5.41) is 0. The van der Waals surface area contributed by atoms with Gasteiger partial charge in [-0.1, -0.05) is 29.8 Å². The molecular weight excluding hydrogens is 244 g/mol. The van der Waals surface area contributed by atoms with E-state index in [0.717, 1.165) is 11.1 Å². The maximum absolute atomic E-state index is 4.24. The molecule has 0 aliphatic rings.